The van der Waals surface area contributed by atoms with Gasteiger partial charge in [0.05, 0.1) is 6.54 Å². The summed E-state index contributed by atoms with van der Waals surface area (Å²) in [7, 11) is 0. The number of carbonyl (C=O) groups is 1. The number of likely N-dealkylation sites (tertiary alicyclic amines) is 1. The Morgan fingerprint density at radius 1 is 1.38 bits per heavy atom. The number of hydrogen-bond acceptors (Lipinski definition) is 3. The molecule has 0 aromatic carbocycles. The zero-order chi connectivity index (χ0) is 15.5. The summed E-state index contributed by atoms with van der Waals surface area (Å²) in [5, 5.41) is 6.22. The second-order valence-corrected chi connectivity index (χ2v) is 6.33. The van der Waals surface area contributed by atoms with Crippen molar-refractivity contribution in [3.63, 3.8) is 0 Å². The molecule has 4 nitrogen and oxygen atoms in total. The summed E-state index contributed by atoms with van der Waals surface area (Å²) in [5.41, 5.74) is 0. The molecule has 0 aromatic heterocycles. The van der Waals surface area contributed by atoms with Gasteiger partial charge in [0.15, 0.2) is 0 Å². The smallest absolute Gasteiger partial charge is 0.356 e. The summed E-state index contributed by atoms with van der Waals surface area (Å²) in [6.45, 7) is 3.44. The second kappa shape index (κ2) is 6.96. The van der Waals surface area contributed by atoms with E-state index in [0.717, 1.165) is 25.8 Å². The molecule has 1 unspecified atom stereocenters. The van der Waals surface area contributed by atoms with Gasteiger partial charge in [-0.15, -0.1) is 0 Å². The Bertz CT molecular complexity index is 362. The highest BCUT2D eigenvalue weighted by Crippen LogP contribution is 2.22. The van der Waals surface area contributed by atoms with Gasteiger partial charge in [-0.25, -0.2) is 0 Å². The molecule has 122 valence electrons. The molecule has 3 atom stereocenters. The number of alkyl halides is 3. The average Bonchev–Trinajstić information content (AvgIpc) is 2.81. The highest BCUT2D eigenvalue weighted by Gasteiger charge is 2.34. The van der Waals surface area contributed by atoms with Crippen LogP contribution < -0.4 is 10.6 Å². The van der Waals surface area contributed by atoms with Crippen LogP contribution in [0, 0.1) is 11.8 Å². The van der Waals surface area contributed by atoms with Gasteiger partial charge in [0, 0.05) is 25.0 Å². The summed E-state index contributed by atoms with van der Waals surface area (Å²) < 4.78 is 36.9. The number of halogens is 3. The van der Waals surface area contributed by atoms with Crippen LogP contribution in [0.2, 0.25) is 0 Å². The lowest BCUT2D eigenvalue weighted by Crippen LogP contribution is -2.43. The molecule has 1 amide bonds. The maximum Gasteiger partial charge on any atom is 0.401 e. The Labute approximate surface area is 123 Å². The number of carbonyl (C=O) groups excluding carboxylic acids is 1. The molecule has 0 aliphatic carbocycles. The van der Waals surface area contributed by atoms with Crippen molar-refractivity contribution in [1.82, 2.24) is 15.5 Å². The van der Waals surface area contributed by atoms with Gasteiger partial charge in [-0.2, -0.15) is 13.2 Å². The van der Waals surface area contributed by atoms with Crippen molar-refractivity contribution in [1.29, 1.82) is 0 Å². The summed E-state index contributed by atoms with van der Waals surface area (Å²) in [6, 6.07) is 0.350. The summed E-state index contributed by atoms with van der Waals surface area (Å²) in [6.07, 6.45) is -1.75. The molecule has 2 aliphatic heterocycles. The Balaban J connectivity index is 1.68. The molecule has 2 heterocycles. The highest BCUT2D eigenvalue weighted by atomic mass is 19.4. The zero-order valence-corrected chi connectivity index (χ0v) is 12.4. The van der Waals surface area contributed by atoms with Gasteiger partial charge in [0.25, 0.3) is 0 Å². The van der Waals surface area contributed by atoms with E-state index in [2.05, 4.69) is 17.6 Å². The first-order chi connectivity index (χ1) is 9.83. The molecule has 2 N–H and O–H groups in total. The van der Waals surface area contributed by atoms with E-state index in [4.69, 9.17) is 0 Å². The van der Waals surface area contributed by atoms with Crippen molar-refractivity contribution in [3.8, 4) is 0 Å². The van der Waals surface area contributed by atoms with Crippen LogP contribution in [-0.2, 0) is 4.79 Å². The van der Waals surface area contributed by atoms with Crippen LogP contribution >= 0.6 is 0 Å². The molecule has 21 heavy (non-hydrogen) atoms. The third-order valence-corrected chi connectivity index (χ3v) is 4.33. The van der Waals surface area contributed by atoms with E-state index in [-0.39, 0.29) is 17.7 Å². The molecule has 0 bridgehead atoms. The van der Waals surface area contributed by atoms with Crippen molar-refractivity contribution in [2.45, 2.75) is 38.4 Å². The lowest BCUT2D eigenvalue weighted by Gasteiger charge is -2.27. The summed E-state index contributed by atoms with van der Waals surface area (Å²) in [5.74, 6) is 0.224. The van der Waals surface area contributed by atoms with Gasteiger partial charge in [0.1, 0.15) is 0 Å². The van der Waals surface area contributed by atoms with Crippen LogP contribution in [-0.4, -0.2) is 55.7 Å². The Kier molecular flexibility index (Phi) is 5.48. The van der Waals surface area contributed by atoms with E-state index >= 15 is 0 Å². The van der Waals surface area contributed by atoms with Crippen LogP contribution in [0.4, 0.5) is 13.2 Å². The topological polar surface area (TPSA) is 44.4 Å². The van der Waals surface area contributed by atoms with Crippen molar-refractivity contribution in [2.75, 3.05) is 32.7 Å². The Hall–Kier alpha value is -0.820. The number of nitrogens with one attached hydrogen (secondary N) is 2. The fourth-order valence-electron chi connectivity index (χ4n) is 3.24. The van der Waals surface area contributed by atoms with E-state index < -0.39 is 12.7 Å². The van der Waals surface area contributed by atoms with Gasteiger partial charge in [-0.05, 0) is 45.2 Å². The fourth-order valence-corrected chi connectivity index (χ4v) is 3.24. The van der Waals surface area contributed by atoms with Gasteiger partial charge in [-0.3, -0.25) is 9.69 Å². The van der Waals surface area contributed by atoms with Crippen LogP contribution in [0.25, 0.3) is 0 Å². The highest BCUT2D eigenvalue weighted by molar-refractivity contribution is 5.78. The lowest BCUT2D eigenvalue weighted by molar-refractivity contribution is -0.143. The van der Waals surface area contributed by atoms with E-state index in [1.165, 1.54) is 4.90 Å². The minimum absolute atomic E-state index is 0.0360. The molecule has 0 spiro atoms. The summed E-state index contributed by atoms with van der Waals surface area (Å²) in [4.78, 5) is 13.5. The average molecular weight is 307 g/mol. The maximum absolute atomic E-state index is 12.3. The lowest BCUT2D eigenvalue weighted by atomic mass is 9.92. The number of nitrogens with zero attached hydrogens (tertiary/aromatic N) is 1. The third kappa shape index (κ3) is 5.47. The van der Waals surface area contributed by atoms with Crippen LogP contribution in [0.3, 0.4) is 0 Å². The van der Waals surface area contributed by atoms with Crippen LogP contribution in [0.5, 0.6) is 0 Å². The van der Waals surface area contributed by atoms with Gasteiger partial charge in [0.2, 0.25) is 5.91 Å². The van der Waals surface area contributed by atoms with E-state index in [1.807, 2.05) is 0 Å². The molecule has 0 saturated carbocycles. The minimum atomic E-state index is -4.14. The van der Waals surface area contributed by atoms with Gasteiger partial charge in [-0.1, -0.05) is 0 Å². The van der Waals surface area contributed by atoms with Gasteiger partial charge < -0.3 is 10.6 Å². The van der Waals surface area contributed by atoms with E-state index in [1.54, 1.807) is 0 Å². The monoisotopic (exact) mass is 307 g/mol. The first-order valence-corrected chi connectivity index (χ1v) is 7.63. The van der Waals surface area contributed by atoms with E-state index in [9.17, 15) is 18.0 Å². The standard InChI is InChI=1S/C14H24F3N3O/c1-10-6-12(2-4-18-10)13(21)19-7-11-3-5-20(8-11)9-14(15,16)17/h10-12,18H,2-9H2,1H3,(H,19,21)/t10-,11?,12-/m0/s1. The van der Waals surface area contributed by atoms with Gasteiger partial charge >= 0.3 is 6.18 Å². The second-order valence-electron chi connectivity index (χ2n) is 6.33. The molecule has 2 fully saturated rings. The molecule has 2 aliphatic rings. The predicted octanol–water partition coefficient (Wildman–Crippen LogP) is 1.37. The predicted molar refractivity (Wildman–Crippen MR) is 73.8 cm³/mol. The normalized spacial score (nSPS) is 31.3. The largest absolute Gasteiger partial charge is 0.401 e. The number of piperidine rings is 1. The molecule has 2 rings (SSSR count). The van der Waals surface area contributed by atoms with Crippen LogP contribution in [0.15, 0.2) is 0 Å². The Morgan fingerprint density at radius 2 is 2.14 bits per heavy atom. The van der Waals surface area contributed by atoms with Crippen LogP contribution in [0.1, 0.15) is 26.2 Å². The number of rotatable bonds is 4. The first-order valence-electron chi connectivity index (χ1n) is 7.63. The molecular weight excluding hydrogens is 283 g/mol. The molecule has 0 radical (unpaired) electrons. The molecule has 7 heteroatoms. The molecule has 0 aromatic rings. The van der Waals surface area contributed by atoms with Crippen molar-refractivity contribution < 1.29 is 18.0 Å². The molecule has 2 saturated heterocycles. The first kappa shape index (κ1) is 16.5. The summed E-state index contributed by atoms with van der Waals surface area (Å²) >= 11 is 0. The zero-order valence-electron chi connectivity index (χ0n) is 12.4. The van der Waals surface area contributed by atoms with Crippen molar-refractivity contribution in [3.05, 3.63) is 0 Å². The van der Waals surface area contributed by atoms with Crippen molar-refractivity contribution >= 4 is 5.91 Å². The Morgan fingerprint density at radius 3 is 2.81 bits per heavy atom. The fraction of sp³-hybridized carbons (Fsp3) is 0.929. The van der Waals surface area contributed by atoms with Crippen molar-refractivity contribution in [2.24, 2.45) is 11.8 Å². The maximum atomic E-state index is 12.3. The SMILES string of the molecule is C[C@H]1C[C@@H](C(=O)NCC2CCN(CC(F)(F)F)C2)CCN1. The third-order valence-electron chi connectivity index (χ3n) is 4.33. The minimum Gasteiger partial charge on any atom is -0.356 e. The van der Waals surface area contributed by atoms with E-state index in [0.29, 0.717) is 25.7 Å². The molecular formula is C14H24F3N3O. The number of amides is 1. The quantitative estimate of drug-likeness (QED) is 0.825. The number of hydrogen-bond donors (Lipinski definition) is 2.